The third kappa shape index (κ3) is 3.76. The molecule has 0 unspecified atom stereocenters. The predicted molar refractivity (Wildman–Crippen MR) is 104 cm³/mol. The van der Waals surface area contributed by atoms with Gasteiger partial charge in [-0.1, -0.05) is 13.8 Å². The van der Waals surface area contributed by atoms with Gasteiger partial charge >= 0.3 is 0 Å². The largest absolute Gasteiger partial charge is 0.301 e. The second kappa shape index (κ2) is 7.00. The number of nitrogens with zero attached hydrogens (tertiary/aromatic N) is 5. The minimum absolute atomic E-state index is 0.214. The van der Waals surface area contributed by atoms with Crippen molar-refractivity contribution >= 4 is 22.1 Å². The van der Waals surface area contributed by atoms with Gasteiger partial charge in [-0.15, -0.1) is 0 Å². The summed E-state index contributed by atoms with van der Waals surface area (Å²) in [6.07, 6.45) is 3.21. The molecule has 0 bridgehead atoms. The molecule has 2 saturated heterocycles. The van der Waals surface area contributed by atoms with Crippen LogP contribution in [0.25, 0.3) is 0 Å². The van der Waals surface area contributed by atoms with E-state index < -0.39 is 9.84 Å². The molecule has 1 aliphatic carbocycles. The van der Waals surface area contributed by atoms with Gasteiger partial charge in [0.1, 0.15) is 5.82 Å². The van der Waals surface area contributed by atoms with Crippen molar-refractivity contribution in [2.75, 3.05) is 37.7 Å². The third-order valence-corrected chi connectivity index (χ3v) is 7.95. The van der Waals surface area contributed by atoms with Crippen LogP contribution in [-0.2, 0) is 16.5 Å². The summed E-state index contributed by atoms with van der Waals surface area (Å²) in [7, 11) is -2.81. The van der Waals surface area contributed by atoms with Crippen molar-refractivity contribution in [1.82, 2.24) is 24.1 Å². The fourth-order valence-electron chi connectivity index (χ4n) is 4.12. The van der Waals surface area contributed by atoms with Crippen LogP contribution in [0.1, 0.15) is 50.9 Å². The summed E-state index contributed by atoms with van der Waals surface area (Å²) in [6.45, 7) is 8.80. The van der Waals surface area contributed by atoms with E-state index >= 15 is 0 Å². The summed E-state index contributed by atoms with van der Waals surface area (Å²) in [6, 6.07) is 0.765. The Morgan fingerprint density at radius 3 is 2.35 bits per heavy atom. The molecular formula is C17H29N5O2S2. The second-order valence-corrected chi connectivity index (χ2v) is 10.8. The lowest BCUT2D eigenvalue weighted by atomic mass is 10.2. The number of hydrogen-bond donors (Lipinski definition) is 0. The molecule has 3 fully saturated rings. The van der Waals surface area contributed by atoms with E-state index in [-0.39, 0.29) is 6.04 Å². The number of hydrogen-bond acceptors (Lipinski definition) is 6. The summed E-state index contributed by atoms with van der Waals surface area (Å²) in [5.41, 5.74) is 0. The first kappa shape index (κ1) is 18.6. The van der Waals surface area contributed by atoms with Crippen molar-refractivity contribution in [2.45, 2.75) is 57.8 Å². The molecule has 0 aromatic carbocycles. The molecule has 0 amide bonds. The van der Waals surface area contributed by atoms with Crippen LogP contribution in [0, 0.1) is 4.77 Å². The molecule has 7 nitrogen and oxygen atoms in total. The number of piperazine rings is 1. The number of rotatable bonds is 5. The number of aromatic nitrogens is 3. The molecule has 1 atom stereocenters. The minimum atomic E-state index is -2.81. The van der Waals surface area contributed by atoms with Gasteiger partial charge in [-0.3, -0.25) is 9.80 Å². The average molecular weight is 400 g/mol. The molecule has 0 spiro atoms. The van der Waals surface area contributed by atoms with Crippen molar-refractivity contribution in [3.63, 3.8) is 0 Å². The van der Waals surface area contributed by atoms with Crippen molar-refractivity contribution < 1.29 is 8.42 Å². The minimum Gasteiger partial charge on any atom is -0.301 e. The molecule has 1 saturated carbocycles. The fourth-order valence-corrected chi connectivity index (χ4v) is 6.22. The van der Waals surface area contributed by atoms with Gasteiger partial charge < -0.3 is 4.57 Å². The van der Waals surface area contributed by atoms with E-state index in [9.17, 15) is 8.42 Å². The van der Waals surface area contributed by atoms with Crippen molar-refractivity contribution in [3.8, 4) is 0 Å². The maximum absolute atomic E-state index is 11.7. The second-order valence-electron chi connectivity index (χ2n) is 8.25. The molecule has 3 heterocycles. The maximum Gasteiger partial charge on any atom is 0.199 e. The normalized spacial score (nSPS) is 27.4. The van der Waals surface area contributed by atoms with Crippen LogP contribution in [-0.4, -0.2) is 76.3 Å². The average Bonchev–Trinajstić information content (AvgIpc) is 3.28. The van der Waals surface area contributed by atoms with E-state index in [2.05, 4.69) is 28.2 Å². The van der Waals surface area contributed by atoms with E-state index in [0.717, 1.165) is 49.9 Å². The smallest absolute Gasteiger partial charge is 0.199 e. The zero-order valence-corrected chi connectivity index (χ0v) is 17.3. The van der Waals surface area contributed by atoms with Crippen LogP contribution in [0.3, 0.4) is 0 Å². The molecule has 4 rings (SSSR count). The molecule has 146 valence electrons. The molecule has 3 aliphatic rings. The topological polar surface area (TPSA) is 63.4 Å². The maximum atomic E-state index is 11.7. The van der Waals surface area contributed by atoms with Gasteiger partial charge in [-0.05, 0) is 31.5 Å². The van der Waals surface area contributed by atoms with Crippen LogP contribution >= 0.6 is 12.2 Å². The molecule has 0 radical (unpaired) electrons. The Balaban J connectivity index is 1.39. The Hall–Kier alpha value is -0.770. The highest BCUT2D eigenvalue weighted by atomic mass is 32.2. The lowest BCUT2D eigenvalue weighted by molar-refractivity contribution is 0.0806. The highest BCUT2D eigenvalue weighted by molar-refractivity contribution is 7.91. The van der Waals surface area contributed by atoms with Gasteiger partial charge in [0, 0.05) is 44.2 Å². The summed E-state index contributed by atoms with van der Waals surface area (Å²) in [4.78, 5) is 4.73. The molecule has 2 aliphatic heterocycles. The van der Waals surface area contributed by atoms with Crippen LogP contribution in [0.4, 0.5) is 0 Å². The zero-order chi connectivity index (χ0) is 18.5. The van der Waals surface area contributed by atoms with E-state index in [1.54, 1.807) is 0 Å². The van der Waals surface area contributed by atoms with Gasteiger partial charge in [0.15, 0.2) is 14.6 Å². The molecule has 26 heavy (non-hydrogen) atoms. The van der Waals surface area contributed by atoms with Crippen LogP contribution < -0.4 is 0 Å². The molecule has 1 aromatic rings. The Kier molecular flexibility index (Phi) is 5.00. The molecule has 0 N–H and O–H groups in total. The van der Waals surface area contributed by atoms with Gasteiger partial charge in [0.25, 0.3) is 0 Å². The van der Waals surface area contributed by atoms with Crippen LogP contribution in [0.15, 0.2) is 0 Å². The molecular weight excluding hydrogens is 370 g/mol. The Labute approximate surface area is 160 Å². The summed E-state index contributed by atoms with van der Waals surface area (Å²) < 4.78 is 28.5. The third-order valence-electron chi connectivity index (χ3n) is 5.79. The zero-order valence-electron chi connectivity index (χ0n) is 15.7. The van der Waals surface area contributed by atoms with E-state index in [4.69, 9.17) is 17.3 Å². The van der Waals surface area contributed by atoms with E-state index in [1.165, 1.54) is 12.8 Å². The molecule has 1 aromatic heterocycles. The first-order chi connectivity index (χ1) is 12.3. The predicted octanol–water partition coefficient (Wildman–Crippen LogP) is 1.63. The highest BCUT2D eigenvalue weighted by Crippen LogP contribution is 2.37. The van der Waals surface area contributed by atoms with Gasteiger partial charge in [-0.25, -0.2) is 13.1 Å². The quantitative estimate of drug-likeness (QED) is 0.702. The molecule has 9 heteroatoms. The van der Waals surface area contributed by atoms with E-state index in [1.807, 2.05) is 4.68 Å². The monoisotopic (exact) mass is 399 g/mol. The van der Waals surface area contributed by atoms with Crippen molar-refractivity contribution in [1.29, 1.82) is 0 Å². The van der Waals surface area contributed by atoms with Crippen LogP contribution in [0.5, 0.6) is 0 Å². The number of sulfone groups is 1. The Morgan fingerprint density at radius 2 is 1.81 bits per heavy atom. The summed E-state index contributed by atoms with van der Waals surface area (Å²) in [5, 5.41) is 4.82. The van der Waals surface area contributed by atoms with Crippen molar-refractivity contribution in [3.05, 3.63) is 10.6 Å². The summed E-state index contributed by atoms with van der Waals surface area (Å²) in [5.74, 6) is 2.16. The Morgan fingerprint density at radius 1 is 1.12 bits per heavy atom. The Bertz CT molecular complexity index is 817. The van der Waals surface area contributed by atoms with Crippen molar-refractivity contribution in [2.24, 2.45) is 0 Å². The first-order valence-electron chi connectivity index (χ1n) is 9.70. The fraction of sp³-hybridized carbons (Fsp3) is 0.882. The highest BCUT2D eigenvalue weighted by Gasteiger charge is 2.34. The lowest BCUT2D eigenvalue weighted by Gasteiger charge is -2.37. The van der Waals surface area contributed by atoms with Gasteiger partial charge in [0.2, 0.25) is 0 Å². The standard InChI is InChI=1S/C17H29N5O2S2/c1-13(2)16-18-21(17(25)22(16)14-3-4-14)12-19-6-8-20(9-7-19)15-5-10-26(23,24)11-15/h13-15H,3-12H2,1-2H3/t15-/m0/s1. The van der Waals surface area contributed by atoms with Crippen LogP contribution in [0.2, 0.25) is 0 Å². The van der Waals surface area contributed by atoms with E-state index in [0.29, 0.717) is 23.5 Å². The summed E-state index contributed by atoms with van der Waals surface area (Å²) >= 11 is 5.71. The lowest BCUT2D eigenvalue weighted by Crippen LogP contribution is -2.51. The van der Waals surface area contributed by atoms with Gasteiger partial charge in [0.05, 0.1) is 18.2 Å². The van der Waals surface area contributed by atoms with Gasteiger partial charge in [-0.2, -0.15) is 5.10 Å². The first-order valence-corrected chi connectivity index (χ1v) is 11.9. The SMILES string of the molecule is CC(C)c1nn(CN2CCN([C@H]3CCS(=O)(=O)C3)CC2)c(=S)n1C1CC1.